The molecule has 0 fully saturated rings. The van der Waals surface area contributed by atoms with E-state index in [1.54, 1.807) is 28.4 Å². The fraction of sp³-hybridized carbons (Fsp3) is 0.333. The lowest BCUT2D eigenvalue weighted by molar-refractivity contribution is 0.354. The van der Waals surface area contributed by atoms with E-state index in [0.29, 0.717) is 29.4 Å². The van der Waals surface area contributed by atoms with E-state index < -0.39 is 27.1 Å². The smallest absolute Gasteiger partial charge is 0.332 e. The number of benzene rings is 2. The number of fused-ring (bicyclic) bond motifs is 2. The highest BCUT2D eigenvalue weighted by atomic mass is 32.2. The third-order valence-corrected chi connectivity index (χ3v) is 7.99. The zero-order valence-corrected chi connectivity index (χ0v) is 26.6. The first-order chi connectivity index (χ1) is 21.4. The van der Waals surface area contributed by atoms with Crippen LogP contribution in [-0.4, -0.2) is 70.8 Å². The fourth-order valence-electron chi connectivity index (χ4n) is 4.87. The predicted molar refractivity (Wildman–Crippen MR) is 168 cm³/mol. The molecule has 0 atom stereocenters. The van der Waals surface area contributed by atoms with Gasteiger partial charge >= 0.3 is 5.69 Å². The molecule has 0 aliphatic rings. The normalized spacial score (nSPS) is 11.3. The van der Waals surface area contributed by atoms with E-state index in [2.05, 4.69) is 9.97 Å². The van der Waals surface area contributed by atoms with Crippen LogP contribution >= 0.6 is 0 Å². The van der Waals surface area contributed by atoms with Gasteiger partial charge in [0.2, 0.25) is 0 Å². The monoisotopic (exact) mass is 641 g/mol. The van der Waals surface area contributed by atoms with Crippen LogP contribution in [0.1, 0.15) is 17.7 Å². The van der Waals surface area contributed by atoms with E-state index >= 15 is 0 Å². The Kier molecular flexibility index (Phi) is 10.1. The van der Waals surface area contributed by atoms with Crippen molar-refractivity contribution in [2.45, 2.75) is 19.4 Å². The largest absolute Gasteiger partial charge is 0.493 e. The van der Waals surface area contributed by atoms with Gasteiger partial charge in [-0.25, -0.2) is 9.78 Å². The molecule has 3 aromatic heterocycles. The molecule has 0 saturated heterocycles. The van der Waals surface area contributed by atoms with Crippen LogP contribution in [0, 0.1) is 0 Å². The first-order valence-corrected chi connectivity index (χ1v) is 15.3. The zero-order valence-electron chi connectivity index (χ0n) is 25.8. The molecule has 5 aromatic rings. The molecule has 0 aliphatic heterocycles. The van der Waals surface area contributed by atoms with E-state index in [9.17, 15) is 18.0 Å². The summed E-state index contributed by atoms with van der Waals surface area (Å²) >= 11 is 0. The molecule has 0 aliphatic carbocycles. The number of aromatic nitrogens is 5. The summed E-state index contributed by atoms with van der Waals surface area (Å²) in [5.74, 6) is 2.41. The summed E-state index contributed by atoms with van der Waals surface area (Å²) in [6.07, 6.45) is 3.99. The van der Waals surface area contributed by atoms with Crippen LogP contribution in [0.5, 0.6) is 23.0 Å². The van der Waals surface area contributed by atoms with Gasteiger partial charge in [-0.1, -0.05) is 6.07 Å². The Morgan fingerprint density at radius 1 is 0.822 bits per heavy atom. The second-order valence-corrected chi connectivity index (χ2v) is 11.6. The molecule has 0 spiro atoms. The summed E-state index contributed by atoms with van der Waals surface area (Å²) in [7, 11) is 5.35. The summed E-state index contributed by atoms with van der Waals surface area (Å²) in [5.41, 5.74) is 1.55. The maximum Gasteiger partial charge on any atom is 0.332 e. The number of pyridine rings is 1. The van der Waals surface area contributed by atoms with Gasteiger partial charge in [0, 0.05) is 38.6 Å². The van der Waals surface area contributed by atoms with Crippen molar-refractivity contribution in [2.75, 3.05) is 34.2 Å². The fourth-order valence-corrected chi connectivity index (χ4v) is 5.36. The molecule has 0 unspecified atom stereocenters. The lowest BCUT2D eigenvalue weighted by atomic mass is 10.0. The standard InChI is InChI=1S/C20H21NO4.C10H14N4O5S/c1-22-17-6-5-13(10-18(17)23-2)9-16-15-12-20(25-4)19(24-3)11-14(15)7-8-21-16;1-12-8-7(9(15)13(2)10(12)16)14(6-11-8)4-3-5-20(17,18)19/h5-8,10-12H,9H2,1-4H3;6H,3-5H2,1-2H3,(H,17,18,19). The van der Waals surface area contributed by atoms with Gasteiger partial charge in [-0.15, -0.1) is 0 Å². The predicted octanol–water partition coefficient (Wildman–Crippen LogP) is 2.57. The van der Waals surface area contributed by atoms with Gasteiger partial charge in [0.15, 0.2) is 34.2 Å². The second-order valence-electron chi connectivity index (χ2n) is 10.0. The van der Waals surface area contributed by atoms with Gasteiger partial charge < -0.3 is 23.5 Å². The molecule has 0 amide bonds. The van der Waals surface area contributed by atoms with Crippen molar-refractivity contribution in [3.8, 4) is 23.0 Å². The number of rotatable bonds is 10. The number of ether oxygens (including phenoxy) is 4. The van der Waals surface area contributed by atoms with Crippen LogP contribution < -0.4 is 30.2 Å². The minimum absolute atomic E-state index is 0.135. The molecule has 0 bridgehead atoms. The van der Waals surface area contributed by atoms with Gasteiger partial charge in [0.05, 0.1) is 46.2 Å². The lowest BCUT2D eigenvalue weighted by Crippen LogP contribution is -2.37. The van der Waals surface area contributed by atoms with Crippen molar-refractivity contribution in [2.24, 2.45) is 14.1 Å². The number of imidazole rings is 1. The third kappa shape index (κ3) is 7.26. The van der Waals surface area contributed by atoms with Gasteiger partial charge in [-0.3, -0.25) is 23.5 Å². The molecule has 2 aromatic carbocycles. The molecule has 1 N–H and O–H groups in total. The Hall–Kier alpha value is -4.89. The van der Waals surface area contributed by atoms with Crippen LogP contribution in [0.15, 0.2) is 58.5 Å². The highest BCUT2D eigenvalue weighted by Gasteiger charge is 2.15. The molecule has 0 radical (unpaired) electrons. The number of nitrogens with zero attached hydrogens (tertiary/aromatic N) is 5. The highest BCUT2D eigenvalue weighted by Crippen LogP contribution is 2.34. The quantitative estimate of drug-likeness (QED) is 0.223. The van der Waals surface area contributed by atoms with Crippen molar-refractivity contribution in [1.82, 2.24) is 23.7 Å². The van der Waals surface area contributed by atoms with Gasteiger partial charge in [-0.05, 0) is 47.7 Å². The van der Waals surface area contributed by atoms with E-state index in [0.717, 1.165) is 26.6 Å². The molecular weight excluding hydrogens is 606 g/mol. The van der Waals surface area contributed by atoms with Crippen LogP contribution in [0.3, 0.4) is 0 Å². The number of hydrogen-bond donors (Lipinski definition) is 1. The zero-order chi connectivity index (χ0) is 32.9. The molecule has 15 heteroatoms. The van der Waals surface area contributed by atoms with Crippen molar-refractivity contribution >= 4 is 32.1 Å². The molecule has 14 nitrogen and oxygen atoms in total. The van der Waals surface area contributed by atoms with E-state index in [1.165, 1.54) is 29.6 Å². The van der Waals surface area contributed by atoms with Crippen LogP contribution in [0.4, 0.5) is 0 Å². The second kappa shape index (κ2) is 13.8. The van der Waals surface area contributed by atoms with Crippen molar-refractivity contribution in [1.29, 1.82) is 0 Å². The first kappa shape index (κ1) is 33.0. The molecule has 0 saturated carbocycles. The third-order valence-electron chi connectivity index (χ3n) is 7.19. The Morgan fingerprint density at radius 2 is 1.47 bits per heavy atom. The minimum Gasteiger partial charge on any atom is -0.493 e. The van der Waals surface area contributed by atoms with Gasteiger partial charge in [0.1, 0.15) is 0 Å². The summed E-state index contributed by atoms with van der Waals surface area (Å²) in [6.45, 7) is 0.198. The van der Waals surface area contributed by atoms with Gasteiger partial charge in [0.25, 0.3) is 15.7 Å². The topological polar surface area (TPSA) is 166 Å². The molecule has 240 valence electrons. The van der Waals surface area contributed by atoms with Gasteiger partial charge in [-0.2, -0.15) is 8.42 Å². The average molecular weight is 642 g/mol. The lowest BCUT2D eigenvalue weighted by Gasteiger charge is -2.12. The number of methoxy groups -OCH3 is 4. The minimum atomic E-state index is -4.04. The Labute approximate surface area is 259 Å². The number of hydrogen-bond acceptors (Lipinski definition) is 10. The highest BCUT2D eigenvalue weighted by molar-refractivity contribution is 7.85. The molecular formula is C30H35N5O9S. The maximum atomic E-state index is 12.1. The van der Waals surface area contributed by atoms with Crippen LogP contribution in [-0.2, 0) is 37.2 Å². The first-order valence-electron chi connectivity index (χ1n) is 13.7. The van der Waals surface area contributed by atoms with Crippen LogP contribution in [0.2, 0.25) is 0 Å². The van der Waals surface area contributed by atoms with E-state index in [-0.39, 0.29) is 24.1 Å². The molecule has 5 rings (SSSR count). The summed E-state index contributed by atoms with van der Waals surface area (Å²) < 4.78 is 55.2. The maximum absolute atomic E-state index is 12.1. The summed E-state index contributed by atoms with van der Waals surface area (Å²) in [6, 6.07) is 11.8. The van der Waals surface area contributed by atoms with Crippen LogP contribution in [0.25, 0.3) is 21.9 Å². The van der Waals surface area contributed by atoms with Crippen molar-refractivity contribution < 1.29 is 31.9 Å². The van der Waals surface area contributed by atoms with Crippen molar-refractivity contribution in [3.05, 3.63) is 81.0 Å². The SMILES string of the molecule is COc1ccc(Cc2nccc3cc(OC)c(OC)cc23)cc1OC.Cn1c(=O)c2c(ncn2CCCS(=O)(=O)O)n(C)c1=O. The van der Waals surface area contributed by atoms with E-state index in [4.69, 9.17) is 23.5 Å². The van der Waals surface area contributed by atoms with E-state index in [1.807, 2.05) is 42.6 Å². The Bertz CT molecular complexity index is 2070. The summed E-state index contributed by atoms with van der Waals surface area (Å²) in [4.78, 5) is 32.3. The number of aryl methyl sites for hydroxylation is 2. The Morgan fingerprint density at radius 3 is 2.11 bits per heavy atom. The molecule has 3 heterocycles. The average Bonchev–Trinajstić information content (AvgIpc) is 3.45. The Balaban J connectivity index is 0.000000210. The van der Waals surface area contributed by atoms with Crippen molar-refractivity contribution in [3.63, 3.8) is 0 Å². The molecule has 45 heavy (non-hydrogen) atoms. The summed E-state index contributed by atoms with van der Waals surface area (Å²) in [5, 5.41) is 2.10.